The molecular weight excluding hydrogens is 392 g/mol. The van der Waals surface area contributed by atoms with Crippen molar-refractivity contribution in [1.29, 1.82) is 0 Å². The molecular formula is C29H24N2O. The summed E-state index contributed by atoms with van der Waals surface area (Å²) < 4.78 is 0. The summed E-state index contributed by atoms with van der Waals surface area (Å²) in [6.07, 6.45) is 15.9. The number of hydrogen-bond acceptors (Lipinski definition) is 3. The molecule has 0 radical (unpaired) electrons. The van der Waals surface area contributed by atoms with E-state index in [1.807, 2.05) is 61.7 Å². The van der Waals surface area contributed by atoms with Gasteiger partial charge in [0.15, 0.2) is 5.78 Å². The Morgan fingerprint density at radius 2 is 1.19 bits per heavy atom. The van der Waals surface area contributed by atoms with Crippen LogP contribution in [0, 0.1) is 0 Å². The molecule has 0 amide bonds. The number of Topliss-reactive ketones (excluding diaryl/α,β-unsaturated/α-hetero) is 1. The zero-order valence-corrected chi connectivity index (χ0v) is 18.0. The Labute approximate surface area is 188 Å². The number of benzene rings is 2. The number of ketones is 1. The zero-order chi connectivity index (χ0) is 22.3. The van der Waals surface area contributed by atoms with E-state index in [4.69, 9.17) is 0 Å². The van der Waals surface area contributed by atoms with Gasteiger partial charge in [0.05, 0.1) is 11.3 Å². The molecule has 0 atom stereocenters. The number of nitrogens with one attached hydrogen (secondary N) is 1. The van der Waals surface area contributed by atoms with Gasteiger partial charge < -0.3 is 5.32 Å². The van der Waals surface area contributed by atoms with Crippen LogP contribution in [0.15, 0.2) is 103 Å². The van der Waals surface area contributed by atoms with Crippen molar-refractivity contribution < 1.29 is 4.79 Å². The van der Waals surface area contributed by atoms with E-state index in [0.717, 1.165) is 33.5 Å². The Balaban J connectivity index is 1.37. The number of carbonyl (C=O) groups excluding carboxylic acids is 1. The van der Waals surface area contributed by atoms with Gasteiger partial charge in [-0.2, -0.15) is 0 Å². The van der Waals surface area contributed by atoms with E-state index in [9.17, 15) is 4.79 Å². The molecule has 1 aliphatic rings. The minimum atomic E-state index is 0.0136. The average molecular weight is 417 g/mol. The Morgan fingerprint density at radius 3 is 1.72 bits per heavy atom. The molecule has 0 spiro atoms. The molecule has 2 aromatic carbocycles. The van der Waals surface area contributed by atoms with E-state index in [1.165, 1.54) is 0 Å². The van der Waals surface area contributed by atoms with E-state index in [-0.39, 0.29) is 5.78 Å². The van der Waals surface area contributed by atoms with Crippen LogP contribution in [0.3, 0.4) is 0 Å². The summed E-state index contributed by atoms with van der Waals surface area (Å²) in [5.74, 6) is 0.0136. The largest absolute Gasteiger partial charge is 0.387 e. The van der Waals surface area contributed by atoms with E-state index in [2.05, 4.69) is 59.4 Å². The fourth-order valence-electron chi connectivity index (χ4n) is 3.50. The molecule has 0 saturated carbocycles. The number of nitrogens with zero attached hydrogens (tertiary/aromatic N) is 1. The van der Waals surface area contributed by atoms with Gasteiger partial charge in [-0.05, 0) is 39.9 Å². The summed E-state index contributed by atoms with van der Waals surface area (Å²) in [6, 6.07) is 20.3. The van der Waals surface area contributed by atoms with Crippen LogP contribution in [-0.2, 0) is 4.79 Å². The molecule has 0 aliphatic heterocycles. The molecule has 1 aliphatic carbocycles. The van der Waals surface area contributed by atoms with E-state index < -0.39 is 0 Å². The first kappa shape index (κ1) is 21.0. The van der Waals surface area contributed by atoms with Gasteiger partial charge in [-0.3, -0.25) is 9.78 Å². The van der Waals surface area contributed by atoms with E-state index >= 15 is 0 Å². The number of rotatable bonds is 7. The second kappa shape index (κ2) is 9.71. The molecule has 0 bridgehead atoms. The maximum Gasteiger partial charge on any atom is 0.197 e. The molecule has 156 valence electrons. The molecule has 3 nitrogen and oxygen atoms in total. The molecule has 0 unspecified atom stereocenters. The van der Waals surface area contributed by atoms with Gasteiger partial charge in [0.2, 0.25) is 0 Å². The smallest absolute Gasteiger partial charge is 0.197 e. The van der Waals surface area contributed by atoms with Crippen molar-refractivity contribution in [3.63, 3.8) is 0 Å². The number of hydrogen-bond donors (Lipinski definition) is 1. The van der Waals surface area contributed by atoms with E-state index in [0.29, 0.717) is 11.1 Å². The van der Waals surface area contributed by atoms with E-state index in [1.54, 1.807) is 12.4 Å². The fraction of sp³-hybridized carbons (Fsp3) is 0.0345. The SMILES string of the molecule is C=C1C(=O)C(c2ccc(C=Cc3ccc(C=CC=Cc4ccncc4)cc3)cc2)=C1NC. The summed E-state index contributed by atoms with van der Waals surface area (Å²) in [5, 5.41) is 3.05. The van der Waals surface area contributed by atoms with Crippen LogP contribution in [0.2, 0.25) is 0 Å². The summed E-state index contributed by atoms with van der Waals surface area (Å²) in [5.41, 5.74) is 7.49. The van der Waals surface area contributed by atoms with Crippen molar-refractivity contribution in [2.75, 3.05) is 7.05 Å². The highest BCUT2D eigenvalue weighted by Crippen LogP contribution is 2.34. The lowest BCUT2D eigenvalue weighted by Crippen LogP contribution is -2.28. The summed E-state index contributed by atoms with van der Waals surface area (Å²) >= 11 is 0. The number of aromatic nitrogens is 1. The lowest BCUT2D eigenvalue weighted by molar-refractivity contribution is -0.111. The molecule has 3 aromatic rings. The normalized spacial score (nSPS) is 14.0. The molecule has 0 fully saturated rings. The van der Waals surface area contributed by atoms with Gasteiger partial charge in [0, 0.05) is 25.0 Å². The third kappa shape index (κ3) is 4.73. The highest BCUT2D eigenvalue weighted by Gasteiger charge is 2.31. The molecule has 3 heteroatoms. The van der Waals surface area contributed by atoms with Crippen LogP contribution in [0.4, 0.5) is 0 Å². The maximum absolute atomic E-state index is 12.1. The average Bonchev–Trinajstić information content (AvgIpc) is 2.85. The highest BCUT2D eigenvalue weighted by atomic mass is 16.1. The number of carbonyl (C=O) groups is 1. The van der Waals surface area contributed by atoms with Crippen molar-refractivity contribution in [2.45, 2.75) is 0 Å². The second-order valence-electron chi connectivity index (χ2n) is 7.43. The number of allylic oxidation sites excluding steroid dienone is 4. The standard InChI is InChI=1S/C29H24N2O/c1-21-28(30-2)27(29(21)32)26-15-13-25(14-16-26)12-11-24-9-7-22(8-10-24)5-3-4-6-23-17-19-31-20-18-23/h3-20,30H,1H2,2H3. The Hall–Kier alpha value is -4.24. The van der Waals surface area contributed by atoms with Gasteiger partial charge in [-0.15, -0.1) is 0 Å². The predicted octanol–water partition coefficient (Wildman–Crippen LogP) is 6.05. The van der Waals surface area contributed by atoms with Crippen molar-refractivity contribution in [3.8, 4) is 0 Å². The molecule has 1 aromatic heterocycles. The maximum atomic E-state index is 12.1. The van der Waals surface area contributed by atoms with Crippen molar-refractivity contribution in [3.05, 3.63) is 131 Å². The Morgan fingerprint density at radius 1 is 0.719 bits per heavy atom. The fourth-order valence-corrected chi connectivity index (χ4v) is 3.50. The first-order valence-electron chi connectivity index (χ1n) is 10.4. The highest BCUT2D eigenvalue weighted by molar-refractivity contribution is 6.39. The van der Waals surface area contributed by atoms with Crippen molar-refractivity contribution in [1.82, 2.24) is 10.3 Å². The van der Waals surface area contributed by atoms with Crippen LogP contribution in [0.1, 0.15) is 27.8 Å². The number of likely N-dealkylation sites (N-methyl/N-ethyl adjacent to an activating group) is 1. The van der Waals surface area contributed by atoms with Crippen LogP contribution >= 0.6 is 0 Å². The molecule has 32 heavy (non-hydrogen) atoms. The van der Waals surface area contributed by atoms with Crippen molar-refractivity contribution >= 4 is 35.7 Å². The van der Waals surface area contributed by atoms with Crippen LogP contribution in [-0.4, -0.2) is 17.8 Å². The lowest BCUT2D eigenvalue weighted by Gasteiger charge is -2.24. The topological polar surface area (TPSA) is 42.0 Å². The van der Waals surface area contributed by atoms with Gasteiger partial charge in [0.25, 0.3) is 0 Å². The van der Waals surface area contributed by atoms with Gasteiger partial charge in [-0.25, -0.2) is 0 Å². The monoisotopic (exact) mass is 416 g/mol. The molecule has 1 N–H and O–H groups in total. The lowest BCUT2D eigenvalue weighted by atomic mass is 9.83. The predicted molar refractivity (Wildman–Crippen MR) is 134 cm³/mol. The molecule has 4 rings (SSSR count). The minimum absolute atomic E-state index is 0.0136. The first-order chi connectivity index (χ1) is 15.7. The molecule has 0 saturated heterocycles. The first-order valence-corrected chi connectivity index (χ1v) is 10.4. The van der Waals surface area contributed by atoms with Gasteiger partial charge >= 0.3 is 0 Å². The summed E-state index contributed by atoms with van der Waals surface area (Å²) in [7, 11) is 1.81. The summed E-state index contributed by atoms with van der Waals surface area (Å²) in [6.45, 7) is 3.80. The Kier molecular flexibility index (Phi) is 6.38. The van der Waals surface area contributed by atoms with Crippen LogP contribution < -0.4 is 5.32 Å². The molecule has 1 heterocycles. The van der Waals surface area contributed by atoms with Crippen LogP contribution in [0.25, 0.3) is 29.9 Å². The summed E-state index contributed by atoms with van der Waals surface area (Å²) in [4.78, 5) is 16.1. The Bertz CT molecular complexity index is 1240. The third-order valence-electron chi connectivity index (χ3n) is 5.30. The van der Waals surface area contributed by atoms with Gasteiger partial charge in [-0.1, -0.05) is 91.6 Å². The zero-order valence-electron chi connectivity index (χ0n) is 18.0. The quantitative estimate of drug-likeness (QED) is 0.290. The van der Waals surface area contributed by atoms with Gasteiger partial charge in [0.1, 0.15) is 0 Å². The van der Waals surface area contributed by atoms with Crippen LogP contribution in [0.5, 0.6) is 0 Å². The number of pyridine rings is 1. The van der Waals surface area contributed by atoms with Crippen molar-refractivity contribution in [2.24, 2.45) is 0 Å². The minimum Gasteiger partial charge on any atom is -0.387 e. The third-order valence-corrected chi connectivity index (χ3v) is 5.30. The second-order valence-corrected chi connectivity index (χ2v) is 7.43.